The highest BCUT2D eigenvalue weighted by Gasteiger charge is 2.18. The second kappa shape index (κ2) is 6.96. The van der Waals surface area contributed by atoms with E-state index >= 15 is 0 Å². The van der Waals surface area contributed by atoms with E-state index < -0.39 is 0 Å². The number of carbonyl (C=O) groups excluding carboxylic acids is 1. The van der Waals surface area contributed by atoms with Crippen molar-refractivity contribution in [1.29, 1.82) is 0 Å². The topological polar surface area (TPSA) is 102 Å². The highest BCUT2D eigenvalue weighted by molar-refractivity contribution is 8.00. The Morgan fingerprint density at radius 1 is 1.26 bits per heavy atom. The first-order valence-electron chi connectivity index (χ1n) is 8.73. The lowest BCUT2D eigenvalue weighted by Crippen LogP contribution is -2.22. The summed E-state index contributed by atoms with van der Waals surface area (Å²) in [5, 5.41) is 11.9. The van der Waals surface area contributed by atoms with E-state index in [0.717, 1.165) is 23.1 Å². The molecule has 0 fully saturated rings. The number of nitrogens with two attached hydrogens (primary N) is 1. The van der Waals surface area contributed by atoms with Gasteiger partial charge in [-0.1, -0.05) is 30.0 Å². The molecule has 0 bridgehead atoms. The van der Waals surface area contributed by atoms with Crippen molar-refractivity contribution >= 4 is 51.1 Å². The fourth-order valence-corrected chi connectivity index (χ4v) is 3.97. The second-order valence-electron chi connectivity index (χ2n) is 6.25. The third-order valence-corrected chi connectivity index (χ3v) is 5.45. The molecule has 1 atom stereocenters. The van der Waals surface area contributed by atoms with Crippen LogP contribution in [0.25, 0.3) is 21.8 Å². The van der Waals surface area contributed by atoms with Crippen molar-refractivity contribution in [1.82, 2.24) is 19.7 Å². The largest absolute Gasteiger partial charge is 0.368 e. The molecule has 2 aromatic carbocycles. The number of aromatic nitrogens is 4. The molecule has 138 valence electrons. The molecule has 2 heterocycles. The van der Waals surface area contributed by atoms with E-state index in [4.69, 9.17) is 5.73 Å². The van der Waals surface area contributed by atoms with Crippen LogP contribution >= 0.6 is 11.8 Å². The van der Waals surface area contributed by atoms with Gasteiger partial charge in [0.1, 0.15) is 0 Å². The van der Waals surface area contributed by atoms with E-state index in [0.29, 0.717) is 5.16 Å². The minimum atomic E-state index is -0.354. The number of aryl methyl sites for hydroxylation is 1. The monoisotopic (exact) mass is 380 g/mol. The first-order valence-corrected chi connectivity index (χ1v) is 9.61. The molecule has 0 aliphatic heterocycles. The molecular weight excluding hydrogens is 360 g/mol. The number of carbonyl (C=O) groups is 1. The molecule has 0 aliphatic rings. The summed E-state index contributed by atoms with van der Waals surface area (Å²) >= 11 is 1.26. The molecule has 0 radical (unpaired) electrons. The standard InChI is InChI=1S/C19H20N6OS/c1-3-25-15-7-5-4-6-13(15)14-10-12(8-9-16(14)25)21-17(26)11(2)27-19-22-18(20)23-24-19/h4-11H,3H2,1-2H3,(H,21,26)(H3,20,22,23,24)/t11-/m0/s1. The summed E-state index contributed by atoms with van der Waals surface area (Å²) < 4.78 is 2.28. The van der Waals surface area contributed by atoms with Crippen LogP contribution in [0.1, 0.15) is 13.8 Å². The maximum absolute atomic E-state index is 12.6. The van der Waals surface area contributed by atoms with Gasteiger partial charge in [0.15, 0.2) is 0 Å². The summed E-state index contributed by atoms with van der Waals surface area (Å²) in [5.74, 6) is 0.129. The van der Waals surface area contributed by atoms with Crippen LogP contribution < -0.4 is 11.1 Å². The SMILES string of the molecule is CCn1c2ccccc2c2cc(NC(=O)[C@H](C)Sc3n[nH]c(N)n3)ccc21. The summed E-state index contributed by atoms with van der Waals surface area (Å²) in [6, 6.07) is 14.3. The van der Waals surface area contributed by atoms with Crippen molar-refractivity contribution < 1.29 is 4.79 Å². The Kier molecular flexibility index (Phi) is 4.49. The minimum Gasteiger partial charge on any atom is -0.368 e. The molecule has 0 spiro atoms. The van der Waals surface area contributed by atoms with Crippen molar-refractivity contribution in [3.63, 3.8) is 0 Å². The highest BCUT2D eigenvalue weighted by Crippen LogP contribution is 2.31. The zero-order chi connectivity index (χ0) is 19.0. The number of anilines is 2. The number of rotatable bonds is 5. The summed E-state index contributed by atoms with van der Waals surface area (Å²) in [4.78, 5) is 16.6. The van der Waals surface area contributed by atoms with Crippen LogP contribution in [-0.4, -0.2) is 30.9 Å². The van der Waals surface area contributed by atoms with E-state index in [1.807, 2.05) is 31.2 Å². The van der Waals surface area contributed by atoms with Crippen molar-refractivity contribution in [2.75, 3.05) is 11.1 Å². The van der Waals surface area contributed by atoms with Crippen molar-refractivity contribution in [3.05, 3.63) is 42.5 Å². The van der Waals surface area contributed by atoms with Crippen molar-refractivity contribution in [2.45, 2.75) is 30.8 Å². The Morgan fingerprint density at radius 2 is 2.04 bits per heavy atom. The average Bonchev–Trinajstić information content (AvgIpc) is 3.22. The van der Waals surface area contributed by atoms with Gasteiger partial charge in [-0.25, -0.2) is 5.10 Å². The Hall–Kier alpha value is -3.00. The summed E-state index contributed by atoms with van der Waals surface area (Å²) in [6.45, 7) is 4.84. The van der Waals surface area contributed by atoms with Crippen LogP contribution in [-0.2, 0) is 11.3 Å². The summed E-state index contributed by atoms with van der Waals surface area (Å²) in [5.41, 5.74) is 8.65. The minimum absolute atomic E-state index is 0.109. The van der Waals surface area contributed by atoms with Crippen LogP contribution in [0.2, 0.25) is 0 Å². The fraction of sp³-hybridized carbons (Fsp3) is 0.211. The average molecular weight is 380 g/mol. The van der Waals surface area contributed by atoms with Crippen LogP contribution in [0.4, 0.5) is 11.6 Å². The zero-order valence-electron chi connectivity index (χ0n) is 15.1. The number of amides is 1. The van der Waals surface area contributed by atoms with Crippen LogP contribution in [0.15, 0.2) is 47.6 Å². The van der Waals surface area contributed by atoms with Crippen LogP contribution in [0.5, 0.6) is 0 Å². The van der Waals surface area contributed by atoms with Gasteiger partial charge in [0.05, 0.1) is 5.25 Å². The predicted octanol–water partition coefficient (Wildman–Crippen LogP) is 3.63. The smallest absolute Gasteiger partial charge is 0.237 e. The molecule has 1 amide bonds. The molecular formula is C19H20N6OS. The summed E-state index contributed by atoms with van der Waals surface area (Å²) in [7, 11) is 0. The number of hydrogen-bond acceptors (Lipinski definition) is 5. The predicted molar refractivity (Wildman–Crippen MR) is 110 cm³/mol. The highest BCUT2D eigenvalue weighted by atomic mass is 32.2. The summed E-state index contributed by atoms with van der Waals surface area (Å²) in [6.07, 6.45) is 0. The normalized spacial score (nSPS) is 12.5. The van der Waals surface area contributed by atoms with Crippen LogP contribution in [0.3, 0.4) is 0 Å². The number of fused-ring (bicyclic) bond motifs is 3. The number of thioether (sulfide) groups is 1. The van der Waals surface area contributed by atoms with E-state index in [1.54, 1.807) is 0 Å². The lowest BCUT2D eigenvalue weighted by Gasteiger charge is -2.10. The van der Waals surface area contributed by atoms with E-state index in [1.165, 1.54) is 22.7 Å². The number of nitrogens with zero attached hydrogens (tertiary/aromatic N) is 3. The van der Waals surface area contributed by atoms with Crippen LogP contribution in [0, 0.1) is 0 Å². The Labute approximate surface area is 160 Å². The van der Waals surface area contributed by atoms with Gasteiger partial charge in [0.2, 0.25) is 17.0 Å². The van der Waals surface area contributed by atoms with Gasteiger partial charge in [-0.05, 0) is 38.1 Å². The molecule has 0 unspecified atom stereocenters. The Morgan fingerprint density at radius 3 is 2.78 bits per heavy atom. The number of aromatic amines is 1. The maximum Gasteiger partial charge on any atom is 0.237 e. The van der Waals surface area contributed by atoms with Gasteiger partial charge in [-0.2, -0.15) is 4.98 Å². The zero-order valence-corrected chi connectivity index (χ0v) is 15.9. The van der Waals surface area contributed by atoms with E-state index in [9.17, 15) is 4.79 Å². The lowest BCUT2D eigenvalue weighted by molar-refractivity contribution is -0.115. The number of H-pyrrole nitrogens is 1. The molecule has 4 rings (SSSR count). The van der Waals surface area contributed by atoms with Crippen molar-refractivity contribution in [2.24, 2.45) is 0 Å². The van der Waals surface area contributed by atoms with Gasteiger partial charge in [0.25, 0.3) is 0 Å². The molecule has 0 saturated carbocycles. The molecule has 0 saturated heterocycles. The molecule has 2 aromatic heterocycles. The van der Waals surface area contributed by atoms with Gasteiger partial charge >= 0.3 is 0 Å². The van der Waals surface area contributed by atoms with E-state index in [-0.39, 0.29) is 17.1 Å². The lowest BCUT2D eigenvalue weighted by atomic mass is 10.1. The van der Waals surface area contributed by atoms with Gasteiger partial charge in [0, 0.05) is 34.0 Å². The third kappa shape index (κ3) is 3.23. The van der Waals surface area contributed by atoms with Crippen molar-refractivity contribution in [3.8, 4) is 0 Å². The number of nitrogen functional groups attached to an aromatic ring is 1. The quantitative estimate of drug-likeness (QED) is 0.459. The third-order valence-electron chi connectivity index (χ3n) is 4.49. The fourth-order valence-electron chi connectivity index (χ4n) is 3.24. The molecule has 7 nitrogen and oxygen atoms in total. The number of hydrogen-bond donors (Lipinski definition) is 3. The Bertz CT molecular complexity index is 1130. The maximum atomic E-state index is 12.6. The molecule has 4 aromatic rings. The molecule has 8 heteroatoms. The molecule has 27 heavy (non-hydrogen) atoms. The number of benzene rings is 2. The van der Waals surface area contributed by atoms with Gasteiger partial charge in [-0.3, -0.25) is 4.79 Å². The second-order valence-corrected chi connectivity index (χ2v) is 7.55. The van der Waals surface area contributed by atoms with E-state index in [2.05, 4.69) is 50.2 Å². The number of para-hydroxylation sites is 1. The first-order chi connectivity index (χ1) is 13.1. The molecule has 4 N–H and O–H groups in total. The first kappa shape index (κ1) is 17.4. The molecule has 0 aliphatic carbocycles. The van der Waals surface area contributed by atoms with Gasteiger partial charge < -0.3 is 15.6 Å². The Balaban J connectivity index is 1.60. The number of nitrogens with one attached hydrogen (secondary N) is 2. The van der Waals surface area contributed by atoms with Gasteiger partial charge in [-0.15, -0.1) is 5.10 Å².